The van der Waals surface area contributed by atoms with Crippen LogP contribution in [-0.2, 0) is 11.2 Å². The average Bonchev–Trinajstić information content (AvgIpc) is 3.16. The third-order valence-electron chi connectivity index (χ3n) is 5.04. The molecule has 21 heavy (non-hydrogen) atoms. The van der Waals surface area contributed by atoms with Crippen molar-refractivity contribution in [1.82, 2.24) is 10.2 Å². The van der Waals surface area contributed by atoms with Crippen molar-refractivity contribution in [3.05, 3.63) is 35.9 Å². The fourth-order valence-electron chi connectivity index (χ4n) is 3.81. The van der Waals surface area contributed by atoms with Crippen molar-refractivity contribution >= 4 is 0 Å². The molecule has 1 heterocycles. The molecular weight excluding hydrogens is 260 g/mol. The Morgan fingerprint density at radius 2 is 2.05 bits per heavy atom. The maximum atomic E-state index is 5.59. The van der Waals surface area contributed by atoms with Crippen molar-refractivity contribution in [2.75, 3.05) is 26.7 Å². The highest BCUT2D eigenvalue weighted by Crippen LogP contribution is 2.23. The number of hydrogen-bond donors (Lipinski definition) is 1. The van der Waals surface area contributed by atoms with Crippen LogP contribution in [0.2, 0.25) is 0 Å². The van der Waals surface area contributed by atoms with Crippen LogP contribution in [0, 0.1) is 0 Å². The molecule has 2 fully saturated rings. The van der Waals surface area contributed by atoms with E-state index in [-0.39, 0.29) is 0 Å². The highest BCUT2D eigenvalue weighted by atomic mass is 16.5. The summed E-state index contributed by atoms with van der Waals surface area (Å²) in [6, 6.07) is 12.0. The molecule has 1 aliphatic carbocycles. The first-order valence-electron chi connectivity index (χ1n) is 8.40. The smallest absolute Gasteiger partial charge is 0.0724 e. The zero-order valence-corrected chi connectivity index (χ0v) is 13.1. The van der Waals surface area contributed by atoms with Gasteiger partial charge in [-0.05, 0) is 44.2 Å². The minimum Gasteiger partial charge on any atom is -0.380 e. The zero-order valence-electron chi connectivity index (χ0n) is 13.1. The van der Waals surface area contributed by atoms with Crippen LogP contribution in [0.3, 0.4) is 0 Å². The second-order valence-electron chi connectivity index (χ2n) is 6.50. The summed E-state index contributed by atoms with van der Waals surface area (Å²) >= 11 is 0. The minimum atomic E-state index is 0.434. The SMILES string of the molecule is COC1CCCC1NC1CCN(CCc2ccccc2)C1. The summed E-state index contributed by atoms with van der Waals surface area (Å²) in [4.78, 5) is 2.60. The fraction of sp³-hybridized carbons (Fsp3) is 0.667. The predicted octanol–water partition coefficient (Wildman–Crippen LogP) is 2.46. The van der Waals surface area contributed by atoms with Gasteiger partial charge in [-0.1, -0.05) is 30.3 Å². The molecule has 3 atom stereocenters. The van der Waals surface area contributed by atoms with Crippen molar-refractivity contribution in [3.8, 4) is 0 Å². The van der Waals surface area contributed by atoms with E-state index in [0.717, 1.165) is 6.42 Å². The van der Waals surface area contributed by atoms with Crippen LogP contribution in [0.4, 0.5) is 0 Å². The Hall–Kier alpha value is -0.900. The van der Waals surface area contributed by atoms with Gasteiger partial charge >= 0.3 is 0 Å². The second-order valence-corrected chi connectivity index (χ2v) is 6.50. The molecule has 0 bridgehead atoms. The molecule has 2 aliphatic rings. The maximum absolute atomic E-state index is 5.59. The van der Waals surface area contributed by atoms with Crippen LogP contribution >= 0.6 is 0 Å². The Labute approximate surface area is 128 Å². The van der Waals surface area contributed by atoms with E-state index in [4.69, 9.17) is 4.74 Å². The summed E-state index contributed by atoms with van der Waals surface area (Å²) < 4.78 is 5.59. The lowest BCUT2D eigenvalue weighted by atomic mass is 10.1. The Balaban J connectivity index is 1.41. The van der Waals surface area contributed by atoms with E-state index in [0.29, 0.717) is 18.2 Å². The van der Waals surface area contributed by atoms with Crippen molar-refractivity contribution in [2.45, 2.75) is 50.3 Å². The molecule has 3 heteroatoms. The van der Waals surface area contributed by atoms with E-state index in [9.17, 15) is 0 Å². The molecule has 1 N–H and O–H groups in total. The summed E-state index contributed by atoms with van der Waals surface area (Å²) in [6.07, 6.45) is 6.68. The van der Waals surface area contributed by atoms with Gasteiger partial charge in [0.05, 0.1) is 6.10 Å². The number of methoxy groups -OCH3 is 1. The molecule has 3 nitrogen and oxygen atoms in total. The molecule has 0 amide bonds. The predicted molar refractivity (Wildman–Crippen MR) is 86.6 cm³/mol. The van der Waals surface area contributed by atoms with Gasteiger partial charge in [-0.15, -0.1) is 0 Å². The number of likely N-dealkylation sites (tertiary alicyclic amines) is 1. The molecule has 1 saturated carbocycles. The van der Waals surface area contributed by atoms with Gasteiger partial charge in [-0.3, -0.25) is 0 Å². The van der Waals surface area contributed by atoms with Crippen molar-refractivity contribution in [2.24, 2.45) is 0 Å². The van der Waals surface area contributed by atoms with Crippen LogP contribution in [0.5, 0.6) is 0 Å². The first kappa shape index (κ1) is 15.0. The average molecular weight is 288 g/mol. The van der Waals surface area contributed by atoms with Crippen molar-refractivity contribution < 1.29 is 4.74 Å². The quantitative estimate of drug-likeness (QED) is 0.870. The van der Waals surface area contributed by atoms with Crippen LogP contribution in [0.1, 0.15) is 31.2 Å². The third kappa shape index (κ3) is 4.06. The molecule has 1 aromatic rings. The third-order valence-corrected chi connectivity index (χ3v) is 5.04. The Morgan fingerprint density at radius 1 is 1.19 bits per heavy atom. The van der Waals surface area contributed by atoms with Crippen LogP contribution < -0.4 is 5.32 Å². The summed E-state index contributed by atoms with van der Waals surface area (Å²) in [6.45, 7) is 3.61. The van der Waals surface area contributed by atoms with Gasteiger partial charge < -0.3 is 15.0 Å². The Morgan fingerprint density at radius 3 is 2.86 bits per heavy atom. The Bertz CT molecular complexity index is 422. The van der Waals surface area contributed by atoms with E-state index < -0.39 is 0 Å². The second kappa shape index (κ2) is 7.39. The lowest BCUT2D eigenvalue weighted by molar-refractivity contribution is 0.0815. The summed E-state index contributed by atoms with van der Waals surface area (Å²) in [5.41, 5.74) is 1.45. The molecule has 0 radical (unpaired) electrons. The first-order chi connectivity index (χ1) is 10.3. The van der Waals surface area contributed by atoms with Crippen molar-refractivity contribution in [1.29, 1.82) is 0 Å². The van der Waals surface area contributed by atoms with Crippen LogP contribution in [-0.4, -0.2) is 49.8 Å². The molecule has 1 saturated heterocycles. The van der Waals surface area contributed by atoms with Gasteiger partial charge in [-0.2, -0.15) is 0 Å². The molecule has 116 valence electrons. The van der Waals surface area contributed by atoms with Crippen molar-refractivity contribution in [3.63, 3.8) is 0 Å². The monoisotopic (exact) mass is 288 g/mol. The topological polar surface area (TPSA) is 24.5 Å². The molecule has 3 unspecified atom stereocenters. The lowest BCUT2D eigenvalue weighted by Crippen LogP contribution is -2.44. The van der Waals surface area contributed by atoms with Crippen LogP contribution in [0.25, 0.3) is 0 Å². The number of nitrogens with zero attached hydrogens (tertiary/aromatic N) is 1. The van der Waals surface area contributed by atoms with Gasteiger partial charge in [0, 0.05) is 32.3 Å². The number of benzene rings is 1. The zero-order chi connectivity index (χ0) is 14.5. The molecule has 3 rings (SSSR count). The largest absolute Gasteiger partial charge is 0.380 e. The highest BCUT2D eigenvalue weighted by Gasteiger charge is 2.31. The van der Waals surface area contributed by atoms with E-state index in [2.05, 4.69) is 40.5 Å². The lowest BCUT2D eigenvalue weighted by Gasteiger charge is -2.24. The molecular formula is C18H28N2O. The summed E-state index contributed by atoms with van der Waals surface area (Å²) in [5, 5.41) is 3.84. The normalized spacial score (nSPS) is 30.0. The van der Waals surface area contributed by atoms with E-state index >= 15 is 0 Å². The molecule has 1 aromatic carbocycles. The summed E-state index contributed by atoms with van der Waals surface area (Å²) in [5.74, 6) is 0. The number of nitrogens with one attached hydrogen (secondary N) is 1. The standard InChI is InChI=1S/C18H28N2O/c1-21-18-9-5-8-17(18)19-16-11-13-20(14-16)12-10-15-6-3-2-4-7-15/h2-4,6-7,16-19H,5,8-14H2,1H3. The van der Waals surface area contributed by atoms with Gasteiger partial charge in [0.15, 0.2) is 0 Å². The minimum absolute atomic E-state index is 0.434. The van der Waals surface area contributed by atoms with Crippen LogP contribution in [0.15, 0.2) is 30.3 Å². The molecule has 1 aliphatic heterocycles. The van der Waals surface area contributed by atoms with E-state index in [1.807, 2.05) is 7.11 Å². The van der Waals surface area contributed by atoms with Gasteiger partial charge in [0.25, 0.3) is 0 Å². The van der Waals surface area contributed by atoms with Gasteiger partial charge in [0.2, 0.25) is 0 Å². The maximum Gasteiger partial charge on any atom is 0.0724 e. The number of rotatable bonds is 6. The molecule has 0 spiro atoms. The van der Waals surface area contributed by atoms with Gasteiger partial charge in [-0.25, -0.2) is 0 Å². The summed E-state index contributed by atoms with van der Waals surface area (Å²) in [7, 11) is 1.85. The molecule has 0 aromatic heterocycles. The Kier molecular flexibility index (Phi) is 5.28. The fourth-order valence-corrected chi connectivity index (χ4v) is 3.81. The van der Waals surface area contributed by atoms with E-state index in [1.54, 1.807) is 0 Å². The number of hydrogen-bond acceptors (Lipinski definition) is 3. The first-order valence-corrected chi connectivity index (χ1v) is 8.40. The number of ether oxygens (including phenoxy) is 1. The highest BCUT2D eigenvalue weighted by molar-refractivity contribution is 5.14. The van der Waals surface area contributed by atoms with Gasteiger partial charge in [0.1, 0.15) is 0 Å². The van der Waals surface area contributed by atoms with E-state index in [1.165, 1.54) is 50.9 Å².